The molecule has 1 saturated heterocycles. The lowest BCUT2D eigenvalue weighted by molar-refractivity contribution is -0.137. The molecule has 0 atom stereocenters. The van der Waals surface area contributed by atoms with Gasteiger partial charge in [0.2, 0.25) is 0 Å². The Balaban J connectivity index is 1.79. The lowest BCUT2D eigenvalue weighted by Crippen LogP contribution is -2.37. The molecule has 0 unspecified atom stereocenters. The molecule has 2 aliphatic heterocycles. The van der Waals surface area contributed by atoms with Gasteiger partial charge in [-0.2, -0.15) is 13.2 Å². The number of hydrogen-bond acceptors (Lipinski definition) is 3. The summed E-state index contributed by atoms with van der Waals surface area (Å²) < 4.78 is 38.8. The maximum atomic E-state index is 13.4. The quantitative estimate of drug-likeness (QED) is 0.640. The van der Waals surface area contributed by atoms with Gasteiger partial charge in [0.05, 0.1) is 16.8 Å². The second-order valence-corrected chi connectivity index (χ2v) is 8.06. The van der Waals surface area contributed by atoms with Gasteiger partial charge in [-0.25, -0.2) is 4.90 Å². The number of imide groups is 1. The summed E-state index contributed by atoms with van der Waals surface area (Å²) in [4.78, 5) is 29.8. The lowest BCUT2D eigenvalue weighted by atomic mass is 9.98. The third-order valence-electron chi connectivity index (χ3n) is 5.98. The van der Waals surface area contributed by atoms with Crippen LogP contribution in [0.4, 0.5) is 18.9 Å². The molecule has 31 heavy (non-hydrogen) atoms. The van der Waals surface area contributed by atoms with Gasteiger partial charge in [-0.05, 0) is 74.1 Å². The molecule has 2 heterocycles. The number of piperidine rings is 1. The number of carbonyl (C=O) groups is 2. The Labute approximate surface area is 179 Å². The van der Waals surface area contributed by atoms with Gasteiger partial charge in [0.15, 0.2) is 0 Å². The molecule has 0 aromatic heterocycles. The number of alkyl halides is 3. The van der Waals surface area contributed by atoms with Crippen molar-refractivity contribution in [2.75, 3.05) is 18.0 Å². The average Bonchev–Trinajstić information content (AvgIpc) is 3.00. The molecule has 2 aliphatic rings. The van der Waals surface area contributed by atoms with Crippen LogP contribution in [0, 0.1) is 13.8 Å². The standard InChI is InChI=1S/C24H23F3N2O2/c1-15-6-7-17(14-16(15)2)20-21(28-12-4-3-5-13-28)23(31)29(22(20)30)19-10-8-18(9-11-19)24(25,26)27/h6-11,14H,3-5,12-13H2,1-2H3. The van der Waals surface area contributed by atoms with E-state index in [-0.39, 0.29) is 5.69 Å². The van der Waals surface area contributed by atoms with Crippen molar-refractivity contribution in [1.29, 1.82) is 0 Å². The van der Waals surface area contributed by atoms with Crippen LogP contribution >= 0.6 is 0 Å². The summed E-state index contributed by atoms with van der Waals surface area (Å²) in [5, 5.41) is 0. The summed E-state index contributed by atoms with van der Waals surface area (Å²) in [5.41, 5.74) is 2.68. The molecular formula is C24H23F3N2O2. The highest BCUT2D eigenvalue weighted by Crippen LogP contribution is 2.37. The number of aryl methyl sites for hydroxylation is 2. The minimum absolute atomic E-state index is 0.136. The molecule has 0 aliphatic carbocycles. The zero-order valence-electron chi connectivity index (χ0n) is 17.4. The second kappa shape index (κ2) is 7.87. The van der Waals surface area contributed by atoms with Crippen molar-refractivity contribution in [3.63, 3.8) is 0 Å². The normalized spacial score (nSPS) is 17.7. The Morgan fingerprint density at radius 2 is 1.45 bits per heavy atom. The predicted octanol–water partition coefficient (Wildman–Crippen LogP) is 5.09. The van der Waals surface area contributed by atoms with Crippen LogP contribution in [0.3, 0.4) is 0 Å². The molecule has 2 aromatic rings. The smallest absolute Gasteiger partial charge is 0.366 e. The molecule has 1 fully saturated rings. The first-order valence-corrected chi connectivity index (χ1v) is 10.3. The number of hydrogen-bond donors (Lipinski definition) is 0. The summed E-state index contributed by atoms with van der Waals surface area (Å²) >= 11 is 0. The van der Waals surface area contributed by atoms with Crippen molar-refractivity contribution in [1.82, 2.24) is 4.90 Å². The second-order valence-electron chi connectivity index (χ2n) is 8.06. The monoisotopic (exact) mass is 428 g/mol. The van der Waals surface area contributed by atoms with E-state index in [1.54, 1.807) is 0 Å². The van der Waals surface area contributed by atoms with Gasteiger partial charge in [0, 0.05) is 13.1 Å². The molecule has 4 nitrogen and oxygen atoms in total. The Morgan fingerprint density at radius 1 is 0.806 bits per heavy atom. The molecule has 0 spiro atoms. The molecule has 0 radical (unpaired) electrons. The number of anilines is 1. The predicted molar refractivity (Wildman–Crippen MR) is 112 cm³/mol. The van der Waals surface area contributed by atoms with Crippen molar-refractivity contribution in [3.05, 3.63) is 70.4 Å². The highest BCUT2D eigenvalue weighted by atomic mass is 19.4. The number of nitrogens with zero attached hydrogens (tertiary/aromatic N) is 2. The van der Waals surface area contributed by atoms with Gasteiger partial charge in [-0.3, -0.25) is 9.59 Å². The van der Waals surface area contributed by atoms with Gasteiger partial charge >= 0.3 is 6.18 Å². The van der Waals surface area contributed by atoms with Crippen LogP contribution in [0.1, 0.15) is 41.5 Å². The molecule has 162 valence electrons. The van der Waals surface area contributed by atoms with Crippen LogP contribution in [-0.2, 0) is 15.8 Å². The number of amides is 2. The van der Waals surface area contributed by atoms with Crippen molar-refractivity contribution in [3.8, 4) is 0 Å². The highest BCUT2D eigenvalue weighted by molar-refractivity contribution is 6.45. The van der Waals surface area contributed by atoms with Crippen LogP contribution < -0.4 is 4.90 Å². The van der Waals surface area contributed by atoms with E-state index < -0.39 is 23.6 Å². The SMILES string of the molecule is Cc1ccc(C2=C(N3CCCCC3)C(=O)N(c3ccc(C(F)(F)F)cc3)C2=O)cc1C. The van der Waals surface area contributed by atoms with E-state index in [2.05, 4.69) is 0 Å². The third kappa shape index (κ3) is 3.84. The zero-order chi connectivity index (χ0) is 22.3. The minimum atomic E-state index is -4.49. The molecule has 7 heteroatoms. The summed E-state index contributed by atoms with van der Waals surface area (Å²) in [5.74, 6) is -0.992. The summed E-state index contributed by atoms with van der Waals surface area (Å²) in [6, 6.07) is 9.75. The molecule has 0 bridgehead atoms. The third-order valence-corrected chi connectivity index (χ3v) is 5.98. The number of likely N-dealkylation sites (tertiary alicyclic amines) is 1. The Morgan fingerprint density at radius 3 is 2.03 bits per heavy atom. The molecule has 4 rings (SSSR count). The lowest BCUT2D eigenvalue weighted by Gasteiger charge is -2.29. The molecular weight excluding hydrogens is 405 g/mol. The highest BCUT2D eigenvalue weighted by Gasteiger charge is 2.43. The first-order valence-electron chi connectivity index (χ1n) is 10.3. The van der Waals surface area contributed by atoms with E-state index in [1.165, 1.54) is 12.1 Å². The van der Waals surface area contributed by atoms with E-state index in [1.807, 2.05) is 36.9 Å². The van der Waals surface area contributed by atoms with Crippen molar-refractivity contribution >= 4 is 23.1 Å². The van der Waals surface area contributed by atoms with E-state index in [4.69, 9.17) is 0 Å². The fourth-order valence-corrected chi connectivity index (χ4v) is 4.12. The number of carbonyl (C=O) groups excluding carboxylic acids is 2. The number of rotatable bonds is 3. The molecule has 2 amide bonds. The van der Waals surface area contributed by atoms with Gasteiger partial charge in [0.1, 0.15) is 5.70 Å². The van der Waals surface area contributed by atoms with E-state index in [9.17, 15) is 22.8 Å². The van der Waals surface area contributed by atoms with Crippen molar-refractivity contribution < 1.29 is 22.8 Å². The summed E-state index contributed by atoms with van der Waals surface area (Å²) in [7, 11) is 0. The zero-order valence-corrected chi connectivity index (χ0v) is 17.4. The summed E-state index contributed by atoms with van der Waals surface area (Å²) in [6.07, 6.45) is -1.58. The van der Waals surface area contributed by atoms with E-state index in [0.29, 0.717) is 29.9 Å². The Kier molecular flexibility index (Phi) is 5.37. The van der Waals surface area contributed by atoms with Crippen molar-refractivity contribution in [2.24, 2.45) is 0 Å². The van der Waals surface area contributed by atoms with Crippen LogP contribution in [0.15, 0.2) is 48.2 Å². The minimum Gasteiger partial charge on any atom is -0.366 e. The van der Waals surface area contributed by atoms with Crippen LogP contribution in [-0.4, -0.2) is 29.8 Å². The molecule has 0 N–H and O–H groups in total. The Hall–Kier alpha value is -3.09. The van der Waals surface area contributed by atoms with Gasteiger partial charge in [-0.15, -0.1) is 0 Å². The first kappa shape index (κ1) is 21.2. The first-order chi connectivity index (χ1) is 14.7. The van der Waals surface area contributed by atoms with E-state index >= 15 is 0 Å². The maximum Gasteiger partial charge on any atom is 0.416 e. The van der Waals surface area contributed by atoms with Crippen molar-refractivity contribution in [2.45, 2.75) is 39.3 Å². The van der Waals surface area contributed by atoms with Gasteiger partial charge in [0.25, 0.3) is 11.8 Å². The van der Waals surface area contributed by atoms with E-state index in [0.717, 1.165) is 47.4 Å². The van der Waals surface area contributed by atoms with Crippen LogP contribution in [0.2, 0.25) is 0 Å². The number of benzene rings is 2. The Bertz CT molecular complexity index is 1070. The number of halogens is 3. The fraction of sp³-hybridized carbons (Fsp3) is 0.333. The van der Waals surface area contributed by atoms with Gasteiger partial charge in [-0.1, -0.05) is 18.2 Å². The molecule has 0 saturated carbocycles. The molecule has 2 aromatic carbocycles. The maximum absolute atomic E-state index is 13.4. The van der Waals surface area contributed by atoms with Gasteiger partial charge < -0.3 is 4.90 Å². The topological polar surface area (TPSA) is 40.6 Å². The fourth-order valence-electron chi connectivity index (χ4n) is 4.12. The van der Waals surface area contributed by atoms with Crippen LogP contribution in [0.25, 0.3) is 5.57 Å². The van der Waals surface area contributed by atoms with Crippen LogP contribution in [0.5, 0.6) is 0 Å². The largest absolute Gasteiger partial charge is 0.416 e. The average molecular weight is 428 g/mol. The summed E-state index contributed by atoms with van der Waals surface area (Å²) in [6.45, 7) is 5.25.